The highest BCUT2D eigenvalue weighted by Crippen LogP contribution is 2.25. The van der Waals surface area contributed by atoms with Gasteiger partial charge in [0.05, 0.1) is 6.61 Å². The zero-order valence-electron chi connectivity index (χ0n) is 11.9. The third kappa shape index (κ3) is 3.73. The summed E-state index contributed by atoms with van der Waals surface area (Å²) in [5.41, 5.74) is 1.69. The van der Waals surface area contributed by atoms with Crippen molar-refractivity contribution in [1.29, 1.82) is 0 Å². The Balaban J connectivity index is 2.04. The number of carbonyl (C=O) groups excluding carboxylic acids is 2. The first kappa shape index (κ1) is 14.9. The van der Waals surface area contributed by atoms with Crippen LogP contribution in [0.5, 0.6) is 0 Å². The number of rotatable bonds is 4. The van der Waals surface area contributed by atoms with Crippen LogP contribution in [0.25, 0.3) is 6.08 Å². The molecule has 0 aliphatic carbocycles. The van der Waals surface area contributed by atoms with Crippen molar-refractivity contribution in [3.8, 4) is 12.3 Å². The van der Waals surface area contributed by atoms with Crippen LogP contribution in [-0.2, 0) is 14.3 Å². The highest BCUT2D eigenvalue weighted by atomic mass is 16.5. The number of esters is 1. The second kappa shape index (κ2) is 6.76. The van der Waals surface area contributed by atoms with Gasteiger partial charge in [0.25, 0.3) is 0 Å². The zero-order chi connectivity index (χ0) is 15.2. The van der Waals surface area contributed by atoms with Crippen molar-refractivity contribution in [2.75, 3.05) is 18.1 Å². The Morgan fingerprint density at radius 3 is 2.76 bits per heavy atom. The molecule has 0 bridgehead atoms. The van der Waals surface area contributed by atoms with Crippen molar-refractivity contribution in [3.05, 3.63) is 35.9 Å². The van der Waals surface area contributed by atoms with Gasteiger partial charge in [0.15, 0.2) is 0 Å². The third-order valence-electron chi connectivity index (χ3n) is 3.26. The van der Waals surface area contributed by atoms with Gasteiger partial charge in [-0.3, -0.25) is 4.79 Å². The van der Waals surface area contributed by atoms with Crippen LogP contribution in [0.2, 0.25) is 0 Å². The first-order chi connectivity index (χ1) is 10.1. The first-order valence-corrected chi connectivity index (χ1v) is 6.85. The molecule has 0 aromatic heterocycles. The van der Waals surface area contributed by atoms with Crippen molar-refractivity contribution < 1.29 is 14.3 Å². The smallest absolute Gasteiger partial charge is 0.330 e. The molecule has 1 saturated heterocycles. The first-order valence-electron chi connectivity index (χ1n) is 6.85. The molecule has 2 rings (SSSR count). The summed E-state index contributed by atoms with van der Waals surface area (Å²) >= 11 is 0. The molecular weight excluding hydrogens is 266 g/mol. The van der Waals surface area contributed by atoms with Crippen LogP contribution in [0, 0.1) is 18.3 Å². The molecule has 0 radical (unpaired) electrons. The van der Waals surface area contributed by atoms with Gasteiger partial charge in [-0.1, -0.05) is 12.1 Å². The Morgan fingerprint density at radius 1 is 1.48 bits per heavy atom. The van der Waals surface area contributed by atoms with Crippen molar-refractivity contribution in [2.45, 2.75) is 13.3 Å². The van der Waals surface area contributed by atoms with Crippen LogP contribution < -0.4 is 4.90 Å². The quantitative estimate of drug-likeness (QED) is 0.484. The number of ether oxygens (including phenoxy) is 1. The minimum Gasteiger partial charge on any atom is -0.463 e. The Bertz CT molecular complexity index is 595. The lowest BCUT2D eigenvalue weighted by molar-refractivity contribution is -0.137. The van der Waals surface area contributed by atoms with Gasteiger partial charge in [0, 0.05) is 30.6 Å². The monoisotopic (exact) mass is 283 g/mol. The Hall–Kier alpha value is -2.54. The predicted octanol–water partition coefficient (Wildman–Crippen LogP) is 2.25. The molecule has 1 amide bonds. The fourth-order valence-electron chi connectivity index (χ4n) is 2.19. The maximum absolute atomic E-state index is 11.9. The summed E-state index contributed by atoms with van der Waals surface area (Å²) in [5.74, 6) is 2.29. The lowest BCUT2D eigenvalue weighted by Gasteiger charge is -2.15. The number of hydrogen-bond donors (Lipinski definition) is 0. The molecule has 21 heavy (non-hydrogen) atoms. The number of amides is 1. The fourth-order valence-corrected chi connectivity index (χ4v) is 2.19. The minimum absolute atomic E-state index is 0.0131. The lowest BCUT2D eigenvalue weighted by Crippen LogP contribution is -2.24. The number of terminal acetylenes is 1. The highest BCUT2D eigenvalue weighted by molar-refractivity contribution is 5.96. The molecular formula is C17H17NO3. The van der Waals surface area contributed by atoms with Gasteiger partial charge in [-0.2, -0.15) is 0 Å². The molecule has 0 saturated carbocycles. The molecule has 4 nitrogen and oxygen atoms in total. The van der Waals surface area contributed by atoms with E-state index in [-0.39, 0.29) is 17.8 Å². The van der Waals surface area contributed by atoms with Gasteiger partial charge in [-0.15, -0.1) is 12.3 Å². The van der Waals surface area contributed by atoms with Gasteiger partial charge >= 0.3 is 5.97 Å². The van der Waals surface area contributed by atoms with Gasteiger partial charge in [-0.25, -0.2) is 4.79 Å². The van der Waals surface area contributed by atoms with Crippen molar-refractivity contribution >= 4 is 23.6 Å². The summed E-state index contributed by atoms with van der Waals surface area (Å²) in [6, 6.07) is 7.40. The Kier molecular flexibility index (Phi) is 4.78. The summed E-state index contributed by atoms with van der Waals surface area (Å²) in [6.45, 7) is 2.68. The second-order valence-corrected chi connectivity index (χ2v) is 4.75. The summed E-state index contributed by atoms with van der Waals surface area (Å²) in [5, 5.41) is 0. The van der Waals surface area contributed by atoms with Crippen molar-refractivity contribution in [1.82, 2.24) is 0 Å². The van der Waals surface area contributed by atoms with E-state index in [0.717, 1.165) is 11.3 Å². The minimum atomic E-state index is -0.367. The third-order valence-corrected chi connectivity index (χ3v) is 3.26. The van der Waals surface area contributed by atoms with E-state index in [1.54, 1.807) is 17.9 Å². The average Bonchev–Trinajstić information content (AvgIpc) is 2.87. The number of hydrogen-bond acceptors (Lipinski definition) is 3. The van der Waals surface area contributed by atoms with Crippen molar-refractivity contribution in [2.24, 2.45) is 5.92 Å². The number of anilines is 1. The number of nitrogens with zero attached hydrogens (tertiary/aromatic N) is 1. The van der Waals surface area contributed by atoms with E-state index < -0.39 is 0 Å². The molecule has 1 aromatic rings. The highest BCUT2D eigenvalue weighted by Gasteiger charge is 2.29. The van der Waals surface area contributed by atoms with E-state index in [1.165, 1.54) is 6.08 Å². The maximum atomic E-state index is 11.9. The lowest BCUT2D eigenvalue weighted by atomic mass is 10.1. The van der Waals surface area contributed by atoms with E-state index in [4.69, 9.17) is 11.2 Å². The molecule has 0 spiro atoms. The molecule has 1 aromatic carbocycles. The van der Waals surface area contributed by atoms with E-state index in [2.05, 4.69) is 5.92 Å². The van der Waals surface area contributed by atoms with Crippen LogP contribution in [0.1, 0.15) is 18.9 Å². The van der Waals surface area contributed by atoms with Gasteiger partial charge in [0.1, 0.15) is 0 Å². The Morgan fingerprint density at radius 2 is 2.19 bits per heavy atom. The maximum Gasteiger partial charge on any atom is 0.330 e. The molecule has 1 aliphatic rings. The van der Waals surface area contributed by atoms with E-state index in [9.17, 15) is 9.59 Å². The van der Waals surface area contributed by atoms with Gasteiger partial charge in [-0.05, 0) is 30.7 Å². The molecule has 108 valence electrons. The standard InChI is InChI=1S/C17H17NO3/c1-3-13-11-16(19)18(12-13)15-8-5-14(6-9-15)7-10-17(20)21-4-2/h1,5-10,13H,4,11-12H2,2H3/b10-7+. The average molecular weight is 283 g/mol. The Labute approximate surface area is 124 Å². The predicted molar refractivity (Wildman–Crippen MR) is 81.4 cm³/mol. The van der Waals surface area contributed by atoms with Gasteiger partial charge < -0.3 is 9.64 Å². The molecule has 1 fully saturated rings. The van der Waals surface area contributed by atoms with Crippen LogP contribution in [0.15, 0.2) is 30.3 Å². The summed E-state index contributed by atoms with van der Waals surface area (Å²) in [6.07, 6.45) is 8.84. The number of benzene rings is 1. The number of carbonyl (C=O) groups is 2. The fraction of sp³-hybridized carbons (Fsp3) is 0.294. The molecule has 1 atom stereocenters. The van der Waals surface area contributed by atoms with Gasteiger partial charge in [0.2, 0.25) is 5.91 Å². The van der Waals surface area contributed by atoms with Crippen LogP contribution in [0.4, 0.5) is 5.69 Å². The summed E-state index contributed by atoms with van der Waals surface area (Å²) in [4.78, 5) is 24.8. The topological polar surface area (TPSA) is 46.6 Å². The molecule has 1 heterocycles. The van der Waals surface area contributed by atoms with E-state index >= 15 is 0 Å². The largest absolute Gasteiger partial charge is 0.463 e. The van der Waals surface area contributed by atoms with E-state index in [1.807, 2.05) is 24.3 Å². The molecule has 1 aliphatic heterocycles. The second-order valence-electron chi connectivity index (χ2n) is 4.75. The summed E-state index contributed by atoms with van der Waals surface area (Å²) < 4.78 is 4.81. The summed E-state index contributed by atoms with van der Waals surface area (Å²) in [7, 11) is 0. The molecule has 4 heteroatoms. The van der Waals surface area contributed by atoms with E-state index in [0.29, 0.717) is 19.6 Å². The van der Waals surface area contributed by atoms with Crippen LogP contribution in [-0.4, -0.2) is 25.0 Å². The van der Waals surface area contributed by atoms with Crippen molar-refractivity contribution in [3.63, 3.8) is 0 Å². The molecule has 0 N–H and O–H groups in total. The normalized spacial score (nSPS) is 18.0. The van der Waals surface area contributed by atoms with Crippen LogP contribution in [0.3, 0.4) is 0 Å². The molecule has 1 unspecified atom stereocenters. The van der Waals surface area contributed by atoms with Crippen LogP contribution >= 0.6 is 0 Å². The SMILES string of the molecule is C#CC1CC(=O)N(c2ccc(/C=C/C(=O)OCC)cc2)C1. The zero-order valence-corrected chi connectivity index (χ0v) is 11.9.